The largest absolute Gasteiger partial charge is 0.463 e. The van der Waals surface area contributed by atoms with Gasteiger partial charge in [0.25, 0.3) is 0 Å². The molecule has 7 heteroatoms. The van der Waals surface area contributed by atoms with Crippen molar-refractivity contribution in [2.45, 2.75) is 11.3 Å². The van der Waals surface area contributed by atoms with Crippen LogP contribution in [0, 0.1) is 0 Å². The number of aromatic nitrogens is 2. The van der Waals surface area contributed by atoms with Crippen LogP contribution in [0.3, 0.4) is 0 Å². The number of nitrogens with zero attached hydrogens (tertiary/aromatic N) is 2. The first-order valence-corrected chi connectivity index (χ1v) is 5.77. The van der Waals surface area contributed by atoms with E-state index in [4.69, 9.17) is 4.42 Å². The summed E-state index contributed by atoms with van der Waals surface area (Å²) in [6.45, 7) is 0. The van der Waals surface area contributed by atoms with Crippen LogP contribution in [0.4, 0.5) is 13.2 Å². The van der Waals surface area contributed by atoms with E-state index in [2.05, 4.69) is 9.97 Å². The molecular formula is C10H7F3N2OS. The molecule has 0 bridgehead atoms. The third kappa shape index (κ3) is 2.60. The molecule has 0 amide bonds. The minimum atomic E-state index is -4.49. The lowest BCUT2D eigenvalue weighted by Crippen LogP contribution is -2.09. The monoisotopic (exact) mass is 260 g/mol. The molecule has 0 N–H and O–H groups in total. The van der Waals surface area contributed by atoms with Gasteiger partial charge >= 0.3 is 6.18 Å². The highest BCUT2D eigenvalue weighted by Crippen LogP contribution is 2.31. The van der Waals surface area contributed by atoms with Gasteiger partial charge in [0, 0.05) is 0 Å². The first-order valence-electron chi connectivity index (χ1n) is 4.55. The Morgan fingerprint density at radius 1 is 1.29 bits per heavy atom. The van der Waals surface area contributed by atoms with Crippen LogP contribution >= 0.6 is 11.8 Å². The molecule has 90 valence electrons. The van der Waals surface area contributed by atoms with Crippen molar-refractivity contribution in [2.24, 2.45) is 0 Å². The second-order valence-electron chi connectivity index (χ2n) is 3.10. The number of alkyl halides is 3. The smallest absolute Gasteiger partial charge is 0.433 e. The van der Waals surface area contributed by atoms with E-state index in [1.165, 1.54) is 6.26 Å². The molecule has 0 saturated heterocycles. The molecular weight excluding hydrogens is 253 g/mol. The number of halogens is 3. The summed E-state index contributed by atoms with van der Waals surface area (Å²) in [6, 6.07) is 4.01. The molecule has 0 spiro atoms. The first kappa shape index (κ1) is 12.0. The molecule has 0 saturated carbocycles. The lowest BCUT2D eigenvalue weighted by molar-refractivity contribution is -0.141. The third-order valence-electron chi connectivity index (χ3n) is 1.95. The normalized spacial score (nSPS) is 11.8. The molecule has 3 nitrogen and oxygen atoms in total. The summed E-state index contributed by atoms with van der Waals surface area (Å²) in [5.41, 5.74) is -0.843. The van der Waals surface area contributed by atoms with Gasteiger partial charge in [-0.2, -0.15) is 13.2 Å². The van der Waals surface area contributed by atoms with Gasteiger partial charge in [-0.1, -0.05) is 11.8 Å². The van der Waals surface area contributed by atoms with Gasteiger partial charge in [0.1, 0.15) is 11.4 Å². The van der Waals surface area contributed by atoms with Crippen LogP contribution in [0.1, 0.15) is 5.69 Å². The molecule has 0 unspecified atom stereocenters. The van der Waals surface area contributed by atoms with Gasteiger partial charge in [-0.25, -0.2) is 9.97 Å². The summed E-state index contributed by atoms with van der Waals surface area (Å²) in [4.78, 5) is 7.38. The Kier molecular flexibility index (Phi) is 3.10. The van der Waals surface area contributed by atoms with E-state index >= 15 is 0 Å². The molecule has 2 rings (SSSR count). The summed E-state index contributed by atoms with van der Waals surface area (Å²) in [5.74, 6) is 0.285. The Hall–Kier alpha value is -1.50. The van der Waals surface area contributed by atoms with Gasteiger partial charge in [0.15, 0.2) is 10.9 Å². The van der Waals surface area contributed by atoms with Crippen molar-refractivity contribution < 1.29 is 17.6 Å². The minimum Gasteiger partial charge on any atom is -0.463 e. The zero-order chi connectivity index (χ0) is 12.5. The topological polar surface area (TPSA) is 38.9 Å². The predicted molar refractivity (Wildman–Crippen MR) is 56.5 cm³/mol. The molecule has 17 heavy (non-hydrogen) atoms. The van der Waals surface area contributed by atoms with E-state index in [0.717, 1.165) is 17.8 Å². The minimum absolute atomic E-state index is 0.0613. The lowest BCUT2D eigenvalue weighted by Gasteiger charge is -2.08. The Labute approximate surface area is 99.1 Å². The van der Waals surface area contributed by atoms with Crippen molar-refractivity contribution >= 4 is 11.8 Å². The van der Waals surface area contributed by atoms with E-state index < -0.39 is 11.9 Å². The molecule has 0 aliphatic rings. The van der Waals surface area contributed by atoms with E-state index in [1.807, 2.05) is 0 Å². The summed E-state index contributed by atoms with van der Waals surface area (Å²) < 4.78 is 42.8. The zero-order valence-corrected chi connectivity index (χ0v) is 9.47. The van der Waals surface area contributed by atoms with Gasteiger partial charge in [0.05, 0.1) is 6.26 Å². The van der Waals surface area contributed by atoms with Gasteiger partial charge in [-0.15, -0.1) is 0 Å². The van der Waals surface area contributed by atoms with Crippen LogP contribution in [-0.2, 0) is 6.18 Å². The van der Waals surface area contributed by atoms with Crippen molar-refractivity contribution in [2.75, 3.05) is 6.26 Å². The molecule has 0 radical (unpaired) electrons. The SMILES string of the molecule is CSc1nc(-c2ccco2)cc(C(F)(F)F)n1. The average Bonchev–Trinajstić information content (AvgIpc) is 2.80. The van der Waals surface area contributed by atoms with Gasteiger partial charge in [0.2, 0.25) is 0 Å². The maximum absolute atomic E-state index is 12.6. The van der Waals surface area contributed by atoms with E-state index in [1.54, 1.807) is 18.4 Å². The van der Waals surface area contributed by atoms with Gasteiger partial charge < -0.3 is 4.42 Å². The first-order chi connectivity index (χ1) is 8.00. The molecule has 0 fully saturated rings. The maximum Gasteiger partial charge on any atom is 0.433 e. The highest BCUT2D eigenvalue weighted by atomic mass is 32.2. The molecule has 0 aliphatic carbocycles. The lowest BCUT2D eigenvalue weighted by atomic mass is 10.2. The quantitative estimate of drug-likeness (QED) is 0.612. The molecule has 0 aliphatic heterocycles. The van der Waals surface area contributed by atoms with Crippen molar-refractivity contribution in [1.29, 1.82) is 0 Å². The highest BCUT2D eigenvalue weighted by molar-refractivity contribution is 7.98. The Balaban J connectivity index is 2.54. The van der Waals surface area contributed by atoms with Crippen molar-refractivity contribution in [3.63, 3.8) is 0 Å². The van der Waals surface area contributed by atoms with Crippen LogP contribution < -0.4 is 0 Å². The summed E-state index contributed by atoms with van der Waals surface area (Å²) in [6.07, 6.45) is -1.50. The maximum atomic E-state index is 12.6. The van der Waals surface area contributed by atoms with Gasteiger partial charge in [-0.3, -0.25) is 0 Å². The van der Waals surface area contributed by atoms with E-state index in [0.29, 0.717) is 0 Å². The van der Waals surface area contributed by atoms with Crippen molar-refractivity contribution in [1.82, 2.24) is 9.97 Å². The molecule has 0 atom stereocenters. The van der Waals surface area contributed by atoms with Gasteiger partial charge in [-0.05, 0) is 24.5 Å². The third-order valence-corrected chi connectivity index (χ3v) is 2.50. The highest BCUT2D eigenvalue weighted by Gasteiger charge is 2.33. The molecule has 2 aromatic rings. The Morgan fingerprint density at radius 3 is 2.59 bits per heavy atom. The number of rotatable bonds is 2. The number of thioether (sulfide) groups is 1. The van der Waals surface area contributed by atoms with Crippen LogP contribution in [0.2, 0.25) is 0 Å². The standard InChI is InChI=1S/C10H7F3N2OS/c1-17-9-14-6(7-3-2-4-16-7)5-8(15-9)10(11,12)13/h2-5H,1H3. The Morgan fingerprint density at radius 2 is 2.06 bits per heavy atom. The van der Waals surface area contributed by atoms with E-state index in [-0.39, 0.29) is 16.6 Å². The van der Waals surface area contributed by atoms with Crippen molar-refractivity contribution in [3.05, 3.63) is 30.2 Å². The van der Waals surface area contributed by atoms with Crippen LogP contribution in [0.25, 0.3) is 11.5 Å². The number of hydrogen-bond donors (Lipinski definition) is 0. The van der Waals surface area contributed by atoms with E-state index in [9.17, 15) is 13.2 Å². The second-order valence-corrected chi connectivity index (χ2v) is 3.87. The van der Waals surface area contributed by atoms with Crippen molar-refractivity contribution in [3.8, 4) is 11.5 Å². The summed E-state index contributed by atoms with van der Waals surface area (Å²) in [5, 5.41) is 0.0613. The zero-order valence-electron chi connectivity index (χ0n) is 8.65. The van der Waals surface area contributed by atoms with Crippen LogP contribution in [0.5, 0.6) is 0 Å². The fourth-order valence-electron chi connectivity index (χ4n) is 1.21. The number of hydrogen-bond acceptors (Lipinski definition) is 4. The predicted octanol–water partition coefficient (Wildman–Crippen LogP) is 3.48. The molecule has 2 aromatic heterocycles. The number of furan rings is 1. The average molecular weight is 260 g/mol. The van der Waals surface area contributed by atoms with Crippen LogP contribution in [0.15, 0.2) is 34.0 Å². The van der Waals surface area contributed by atoms with Crippen LogP contribution in [-0.4, -0.2) is 16.2 Å². The fraction of sp³-hybridized carbons (Fsp3) is 0.200. The molecule has 0 aromatic carbocycles. The Bertz CT molecular complexity index is 511. The summed E-state index contributed by atoms with van der Waals surface area (Å²) >= 11 is 1.05. The second kappa shape index (κ2) is 4.40. The summed E-state index contributed by atoms with van der Waals surface area (Å²) in [7, 11) is 0. The molecule has 2 heterocycles. The fourth-order valence-corrected chi connectivity index (χ4v) is 1.59.